The molecule has 0 aromatic heterocycles. The third-order valence-electron chi connectivity index (χ3n) is 4.80. The molecule has 0 amide bonds. The van der Waals surface area contributed by atoms with Gasteiger partial charge in [0.2, 0.25) is 0 Å². The number of fused-ring (bicyclic) bond motifs is 2. The summed E-state index contributed by atoms with van der Waals surface area (Å²) in [6.45, 7) is 6.82. The molecule has 23 heavy (non-hydrogen) atoms. The van der Waals surface area contributed by atoms with Crippen LogP contribution in [0.25, 0.3) is 0 Å². The minimum atomic E-state index is 0.0770. The van der Waals surface area contributed by atoms with Crippen LogP contribution < -0.4 is 10.3 Å². The van der Waals surface area contributed by atoms with E-state index in [1.165, 1.54) is 63.2 Å². The van der Waals surface area contributed by atoms with Gasteiger partial charge in [-0.15, -0.1) is 0 Å². The number of nitrogens with zero attached hydrogens (tertiary/aromatic N) is 2. The lowest BCUT2D eigenvalue weighted by molar-refractivity contribution is 0.949. The Hall–Kier alpha value is -0.880. The van der Waals surface area contributed by atoms with E-state index in [2.05, 4.69) is 70.3 Å². The van der Waals surface area contributed by atoms with Gasteiger partial charge >= 0.3 is 0 Å². The first-order valence-electron chi connectivity index (χ1n) is 8.33. The maximum atomic E-state index is 5.08. The van der Waals surface area contributed by atoms with Crippen LogP contribution in [0.2, 0.25) is 0 Å². The van der Waals surface area contributed by atoms with Crippen LogP contribution in [-0.2, 0) is 6.42 Å². The molecule has 0 aliphatic carbocycles. The highest BCUT2D eigenvalue weighted by molar-refractivity contribution is 14.2. The second-order valence-corrected chi connectivity index (χ2v) is 10.3. The lowest BCUT2D eigenvalue weighted by Crippen LogP contribution is -2.21. The van der Waals surface area contributed by atoms with E-state index in [0.29, 0.717) is 0 Å². The zero-order chi connectivity index (χ0) is 16.0. The molecule has 2 aromatic carbocycles. The predicted molar refractivity (Wildman–Crippen MR) is 108 cm³/mol. The number of anilines is 1. The Labute approximate surface area is 152 Å². The Balaban J connectivity index is 2.02. The van der Waals surface area contributed by atoms with Gasteiger partial charge in [0.05, 0.1) is 11.0 Å². The van der Waals surface area contributed by atoms with E-state index in [1.54, 1.807) is 0 Å². The Kier molecular flexibility index (Phi) is 4.22. The van der Waals surface area contributed by atoms with Gasteiger partial charge in [0.1, 0.15) is 0 Å². The van der Waals surface area contributed by atoms with Crippen LogP contribution in [0.15, 0.2) is 40.2 Å². The van der Waals surface area contributed by atoms with Crippen molar-refractivity contribution in [2.45, 2.75) is 38.0 Å². The van der Waals surface area contributed by atoms with E-state index < -0.39 is 0 Å². The van der Waals surface area contributed by atoms with Gasteiger partial charge in [0, 0.05) is 28.2 Å². The van der Waals surface area contributed by atoms with Gasteiger partial charge < -0.3 is 4.90 Å². The lowest BCUT2D eigenvalue weighted by atomic mass is 10.1. The summed E-state index contributed by atoms with van der Waals surface area (Å²) in [5, 5.41) is 1.23. The molecule has 120 valence electrons. The van der Waals surface area contributed by atoms with Gasteiger partial charge in [-0.3, -0.25) is 0 Å². The monoisotopic (exact) mass is 436 g/mol. The summed E-state index contributed by atoms with van der Waals surface area (Å²) in [5.41, 5.74) is 5.28. The maximum absolute atomic E-state index is 5.08. The van der Waals surface area contributed by atoms with Crippen molar-refractivity contribution in [3.8, 4) is 0 Å². The molecule has 1 fully saturated rings. The third kappa shape index (κ3) is 2.64. The van der Waals surface area contributed by atoms with Gasteiger partial charge in [0.25, 0.3) is 0 Å². The molecular formula is C19H21IN2S. The highest BCUT2D eigenvalue weighted by atomic mass is 127. The van der Waals surface area contributed by atoms with Crippen LogP contribution in [0.5, 0.6) is 0 Å². The van der Waals surface area contributed by atoms with Gasteiger partial charge in [-0.2, -0.15) is 0 Å². The third-order valence-corrected chi connectivity index (χ3v) is 9.06. The number of rotatable bonds is 2. The number of benzene rings is 2. The Bertz CT molecular complexity index is 898. The number of hydrogen-bond acceptors (Lipinski definition) is 2. The molecule has 0 bridgehead atoms. The second kappa shape index (κ2) is 6.20. The average Bonchev–Trinajstić information content (AvgIpc) is 3.10. The Morgan fingerprint density at radius 3 is 2.74 bits per heavy atom. The minimum absolute atomic E-state index is 0.0770. The van der Waals surface area contributed by atoms with Crippen molar-refractivity contribution in [1.82, 2.24) is 0 Å². The Morgan fingerprint density at radius 2 is 2.00 bits per heavy atom. The van der Waals surface area contributed by atoms with Crippen LogP contribution in [0.4, 0.5) is 11.4 Å². The smallest absolute Gasteiger partial charge is 0.0809 e. The lowest BCUT2D eigenvalue weighted by Gasteiger charge is -2.21. The first-order valence-corrected chi connectivity index (χ1v) is 12.1. The first-order chi connectivity index (χ1) is 11.2. The zero-order valence-corrected chi connectivity index (χ0v) is 16.6. The summed E-state index contributed by atoms with van der Waals surface area (Å²) in [6.07, 6.45) is 3.68. The topological polar surface area (TPSA) is 15.6 Å². The fourth-order valence-electron chi connectivity index (χ4n) is 3.49. The van der Waals surface area contributed by atoms with Crippen molar-refractivity contribution in [3.63, 3.8) is 0 Å². The van der Waals surface area contributed by atoms with Crippen LogP contribution in [-0.4, -0.2) is 13.1 Å². The summed E-state index contributed by atoms with van der Waals surface area (Å²) >= 11 is 2.62. The SMILES string of the molecule is CCc1cc(N2CCCC2)cc2c1=Nc1c(C)cccc1S=2I. The molecule has 2 aliphatic rings. The van der Waals surface area contributed by atoms with Gasteiger partial charge in [-0.05, 0) is 76.7 Å². The normalized spacial score (nSPS) is 19.3. The molecule has 0 saturated carbocycles. The highest BCUT2D eigenvalue weighted by Crippen LogP contribution is 2.46. The Morgan fingerprint density at radius 1 is 1.22 bits per heavy atom. The highest BCUT2D eigenvalue weighted by Gasteiger charge is 2.18. The number of aryl methyl sites for hydroxylation is 2. The molecule has 2 heterocycles. The zero-order valence-electron chi connectivity index (χ0n) is 13.6. The molecule has 1 unspecified atom stereocenters. The molecule has 1 saturated heterocycles. The quantitative estimate of drug-likeness (QED) is 0.458. The fraction of sp³-hybridized carbons (Fsp3) is 0.368. The van der Waals surface area contributed by atoms with Gasteiger partial charge in [-0.1, -0.05) is 26.7 Å². The largest absolute Gasteiger partial charge is 0.371 e. The molecule has 2 aliphatic heterocycles. The van der Waals surface area contributed by atoms with Crippen LogP contribution in [0, 0.1) is 11.4 Å². The molecular weight excluding hydrogens is 415 g/mol. The minimum Gasteiger partial charge on any atom is -0.371 e. The molecule has 2 aromatic rings. The van der Waals surface area contributed by atoms with Crippen molar-refractivity contribution in [3.05, 3.63) is 51.3 Å². The molecule has 2 nitrogen and oxygen atoms in total. The van der Waals surface area contributed by atoms with Crippen molar-refractivity contribution >= 4 is 40.2 Å². The molecule has 1 atom stereocenters. The summed E-state index contributed by atoms with van der Waals surface area (Å²) in [5.74, 6) is 0. The van der Waals surface area contributed by atoms with Gasteiger partial charge in [-0.25, -0.2) is 4.99 Å². The summed E-state index contributed by atoms with van der Waals surface area (Å²) in [4.78, 5) is 9.01. The van der Waals surface area contributed by atoms with Crippen molar-refractivity contribution in [2.24, 2.45) is 4.99 Å². The van der Waals surface area contributed by atoms with Crippen molar-refractivity contribution < 1.29 is 0 Å². The average molecular weight is 436 g/mol. The standard InChI is InChI=1S/C19H21IN2S/c1-3-14-11-15(22-9-4-5-10-22)12-17-19(14)21-18-13(2)7-6-8-16(18)23(17)20/h6-8,11-12H,3-5,9-10H2,1-2H3. The fourth-order valence-corrected chi connectivity index (χ4v) is 6.95. The van der Waals surface area contributed by atoms with Crippen LogP contribution in [0.3, 0.4) is 0 Å². The molecule has 0 N–H and O–H groups in total. The number of halogens is 1. The molecule has 0 spiro atoms. The van der Waals surface area contributed by atoms with E-state index in [0.717, 1.165) is 6.42 Å². The van der Waals surface area contributed by atoms with E-state index >= 15 is 0 Å². The summed E-state index contributed by atoms with van der Waals surface area (Å²) < 4.78 is 1.42. The number of hydrogen-bond donors (Lipinski definition) is 0. The number of para-hydroxylation sites is 1. The van der Waals surface area contributed by atoms with Crippen LogP contribution in [0.1, 0.15) is 30.9 Å². The van der Waals surface area contributed by atoms with Crippen molar-refractivity contribution in [1.29, 1.82) is 0 Å². The van der Waals surface area contributed by atoms with E-state index in [-0.39, 0.29) is 7.66 Å². The van der Waals surface area contributed by atoms with Crippen LogP contribution >= 0.6 is 28.9 Å². The summed E-state index contributed by atoms with van der Waals surface area (Å²) in [6, 6.07) is 11.4. The van der Waals surface area contributed by atoms with E-state index in [1.807, 2.05) is 0 Å². The first kappa shape index (κ1) is 15.6. The molecule has 0 radical (unpaired) electrons. The predicted octanol–water partition coefficient (Wildman–Crippen LogP) is 5.35. The van der Waals surface area contributed by atoms with E-state index in [9.17, 15) is 0 Å². The summed E-state index contributed by atoms with van der Waals surface area (Å²) in [7, 11) is 0.0770. The van der Waals surface area contributed by atoms with Gasteiger partial charge in [0.15, 0.2) is 0 Å². The maximum Gasteiger partial charge on any atom is 0.0809 e. The second-order valence-electron chi connectivity index (χ2n) is 6.29. The van der Waals surface area contributed by atoms with Crippen molar-refractivity contribution in [2.75, 3.05) is 18.0 Å². The van der Waals surface area contributed by atoms with E-state index in [4.69, 9.17) is 4.99 Å². The molecule has 4 heteroatoms. The molecule has 4 rings (SSSR count).